The Bertz CT molecular complexity index is 584. The molecule has 0 aromatic heterocycles. The Labute approximate surface area is 155 Å². The molecule has 0 radical (unpaired) electrons. The summed E-state index contributed by atoms with van der Waals surface area (Å²) < 4.78 is 38.0. The third kappa shape index (κ3) is 4.72. The molecule has 144 valence electrons. The summed E-state index contributed by atoms with van der Waals surface area (Å²) in [6.45, 7) is 2.29. The standard InChI is InChI=1S/C23H31F3/c1-2-3-16-4-6-17(7-5-16)18-8-10-19(11-9-18)20-12-14-21(15-13-20)22(24)23(25)26/h12-19H,2-11H2,1H3. The predicted octanol–water partition coefficient (Wildman–Crippen LogP) is 8.10. The summed E-state index contributed by atoms with van der Waals surface area (Å²) in [4.78, 5) is 0. The van der Waals surface area contributed by atoms with Gasteiger partial charge in [0.25, 0.3) is 0 Å². The van der Waals surface area contributed by atoms with Gasteiger partial charge in [-0.25, -0.2) is 4.39 Å². The minimum absolute atomic E-state index is 0.0220. The van der Waals surface area contributed by atoms with E-state index < -0.39 is 11.9 Å². The maximum Gasteiger partial charge on any atom is 0.306 e. The predicted molar refractivity (Wildman–Crippen MR) is 102 cm³/mol. The van der Waals surface area contributed by atoms with Crippen LogP contribution >= 0.6 is 0 Å². The highest BCUT2D eigenvalue weighted by molar-refractivity contribution is 5.59. The summed E-state index contributed by atoms with van der Waals surface area (Å²) >= 11 is 0. The third-order valence-electron chi connectivity index (χ3n) is 6.83. The number of rotatable bonds is 5. The molecular formula is C23H31F3. The number of hydrogen-bond acceptors (Lipinski definition) is 0. The molecule has 0 nitrogen and oxygen atoms in total. The fraction of sp³-hybridized carbons (Fsp3) is 0.652. The van der Waals surface area contributed by atoms with Crippen LogP contribution in [0.15, 0.2) is 30.3 Å². The fourth-order valence-corrected chi connectivity index (χ4v) is 5.29. The highest BCUT2D eigenvalue weighted by Crippen LogP contribution is 2.44. The summed E-state index contributed by atoms with van der Waals surface area (Å²) in [5.74, 6) is 1.85. The van der Waals surface area contributed by atoms with Gasteiger partial charge in [-0.15, -0.1) is 0 Å². The van der Waals surface area contributed by atoms with Crippen LogP contribution in [-0.4, -0.2) is 0 Å². The summed E-state index contributed by atoms with van der Waals surface area (Å²) in [7, 11) is 0. The van der Waals surface area contributed by atoms with E-state index in [9.17, 15) is 13.2 Å². The zero-order valence-electron chi connectivity index (χ0n) is 15.8. The van der Waals surface area contributed by atoms with Crippen molar-refractivity contribution in [3.05, 3.63) is 41.5 Å². The molecule has 0 heterocycles. The van der Waals surface area contributed by atoms with E-state index in [4.69, 9.17) is 0 Å². The fourth-order valence-electron chi connectivity index (χ4n) is 5.29. The van der Waals surface area contributed by atoms with Gasteiger partial charge in [0, 0.05) is 5.56 Å². The van der Waals surface area contributed by atoms with Crippen molar-refractivity contribution in [2.24, 2.45) is 17.8 Å². The van der Waals surface area contributed by atoms with Crippen molar-refractivity contribution in [1.82, 2.24) is 0 Å². The molecule has 1 aromatic rings. The molecule has 2 saturated carbocycles. The lowest BCUT2D eigenvalue weighted by atomic mass is 9.68. The first-order valence-corrected chi connectivity index (χ1v) is 10.4. The molecule has 0 aliphatic heterocycles. The molecule has 0 N–H and O–H groups in total. The minimum atomic E-state index is -2.24. The second-order valence-corrected chi connectivity index (χ2v) is 8.38. The topological polar surface area (TPSA) is 0 Å². The lowest BCUT2D eigenvalue weighted by Crippen LogP contribution is -2.25. The molecule has 2 fully saturated rings. The van der Waals surface area contributed by atoms with E-state index in [2.05, 4.69) is 6.92 Å². The normalized spacial score (nSPS) is 29.4. The first-order chi connectivity index (χ1) is 12.6. The highest BCUT2D eigenvalue weighted by atomic mass is 19.3. The first-order valence-electron chi connectivity index (χ1n) is 10.4. The van der Waals surface area contributed by atoms with E-state index >= 15 is 0 Å². The van der Waals surface area contributed by atoms with Crippen LogP contribution in [0.25, 0.3) is 5.83 Å². The van der Waals surface area contributed by atoms with Crippen LogP contribution in [0.3, 0.4) is 0 Å². The van der Waals surface area contributed by atoms with E-state index in [-0.39, 0.29) is 5.56 Å². The van der Waals surface area contributed by atoms with Crippen molar-refractivity contribution in [2.75, 3.05) is 0 Å². The summed E-state index contributed by atoms with van der Waals surface area (Å²) in [5.41, 5.74) is 1.15. The Hall–Kier alpha value is -1.25. The van der Waals surface area contributed by atoms with Crippen molar-refractivity contribution in [3.8, 4) is 0 Å². The van der Waals surface area contributed by atoms with Gasteiger partial charge in [0.15, 0.2) is 5.83 Å². The molecule has 0 bridgehead atoms. The second-order valence-electron chi connectivity index (χ2n) is 8.38. The average molecular weight is 364 g/mol. The van der Waals surface area contributed by atoms with Gasteiger partial charge in [-0.05, 0) is 67.8 Å². The van der Waals surface area contributed by atoms with Gasteiger partial charge in [-0.3, -0.25) is 0 Å². The monoisotopic (exact) mass is 364 g/mol. The molecule has 2 aliphatic rings. The number of benzene rings is 1. The van der Waals surface area contributed by atoms with E-state index in [1.165, 1.54) is 81.9 Å². The van der Waals surface area contributed by atoms with Crippen LogP contribution in [0.4, 0.5) is 13.2 Å². The van der Waals surface area contributed by atoms with Crippen LogP contribution < -0.4 is 0 Å². The van der Waals surface area contributed by atoms with E-state index in [1.807, 2.05) is 12.1 Å². The third-order valence-corrected chi connectivity index (χ3v) is 6.83. The Balaban J connectivity index is 1.50. The number of halogens is 3. The summed E-state index contributed by atoms with van der Waals surface area (Å²) in [5, 5.41) is 0. The lowest BCUT2D eigenvalue weighted by Gasteiger charge is -2.38. The molecule has 3 heteroatoms. The highest BCUT2D eigenvalue weighted by Gasteiger charge is 2.31. The zero-order valence-corrected chi connectivity index (χ0v) is 15.8. The largest absolute Gasteiger partial charge is 0.306 e. The van der Waals surface area contributed by atoms with Crippen LogP contribution in [0.2, 0.25) is 0 Å². The van der Waals surface area contributed by atoms with Gasteiger partial charge in [0.2, 0.25) is 0 Å². The minimum Gasteiger partial charge on any atom is -0.200 e. The molecule has 0 atom stereocenters. The molecule has 0 amide bonds. The van der Waals surface area contributed by atoms with Crippen molar-refractivity contribution < 1.29 is 13.2 Å². The molecule has 1 aromatic carbocycles. The van der Waals surface area contributed by atoms with Gasteiger partial charge >= 0.3 is 6.08 Å². The molecule has 2 aliphatic carbocycles. The average Bonchev–Trinajstić information content (AvgIpc) is 2.68. The molecular weight excluding hydrogens is 333 g/mol. The SMILES string of the molecule is CCCC1CCC(C2CCC(c3ccc(C(F)=C(F)F)cc3)CC2)CC1. The summed E-state index contributed by atoms with van der Waals surface area (Å²) in [6, 6.07) is 6.65. The Kier molecular flexibility index (Phi) is 6.83. The van der Waals surface area contributed by atoms with Gasteiger partial charge in [0.05, 0.1) is 0 Å². The van der Waals surface area contributed by atoms with Crippen molar-refractivity contribution in [1.29, 1.82) is 0 Å². The quantitative estimate of drug-likeness (QED) is 0.495. The molecule has 26 heavy (non-hydrogen) atoms. The van der Waals surface area contributed by atoms with Gasteiger partial charge in [0.1, 0.15) is 0 Å². The van der Waals surface area contributed by atoms with Gasteiger partial charge in [-0.1, -0.05) is 56.9 Å². The van der Waals surface area contributed by atoms with Crippen LogP contribution in [0.1, 0.15) is 88.2 Å². The lowest BCUT2D eigenvalue weighted by molar-refractivity contribution is 0.156. The Morgan fingerprint density at radius 3 is 1.85 bits per heavy atom. The Morgan fingerprint density at radius 2 is 1.35 bits per heavy atom. The van der Waals surface area contributed by atoms with Crippen LogP contribution in [-0.2, 0) is 0 Å². The molecule has 0 saturated heterocycles. The number of hydrogen-bond donors (Lipinski definition) is 0. The van der Waals surface area contributed by atoms with Crippen LogP contribution in [0, 0.1) is 17.8 Å². The summed E-state index contributed by atoms with van der Waals surface area (Å²) in [6.07, 6.45) is 11.1. The smallest absolute Gasteiger partial charge is 0.200 e. The van der Waals surface area contributed by atoms with Crippen LogP contribution in [0.5, 0.6) is 0 Å². The molecule has 0 spiro atoms. The van der Waals surface area contributed by atoms with Crippen molar-refractivity contribution >= 4 is 5.83 Å². The van der Waals surface area contributed by atoms with Gasteiger partial charge < -0.3 is 0 Å². The van der Waals surface area contributed by atoms with Gasteiger partial charge in [-0.2, -0.15) is 8.78 Å². The Morgan fingerprint density at radius 1 is 0.808 bits per heavy atom. The van der Waals surface area contributed by atoms with E-state index in [0.717, 1.165) is 17.8 Å². The second kappa shape index (κ2) is 9.10. The van der Waals surface area contributed by atoms with E-state index in [1.54, 1.807) is 0 Å². The molecule has 0 unspecified atom stereocenters. The maximum atomic E-state index is 13.3. The zero-order chi connectivity index (χ0) is 18.5. The van der Waals surface area contributed by atoms with E-state index in [0.29, 0.717) is 5.92 Å². The van der Waals surface area contributed by atoms with Crippen molar-refractivity contribution in [2.45, 2.75) is 77.0 Å². The maximum absolute atomic E-state index is 13.3. The first kappa shape index (κ1) is 19.5. The molecule has 3 rings (SSSR count). The van der Waals surface area contributed by atoms with Crippen molar-refractivity contribution in [3.63, 3.8) is 0 Å².